The average Bonchev–Trinajstić information content (AvgIpc) is 2.79. The summed E-state index contributed by atoms with van der Waals surface area (Å²) < 4.78 is 5.13. The zero-order chi connectivity index (χ0) is 20.2. The number of rotatable bonds is 4. The standard InChI is InChI=1S/C21H28N6O2/c1-16-14-18(25-8-4-3-5-9-25)24-21(23-16)27-12-10-26(11-13-27)20(28)17-6-7-22-19(15-17)29-2/h6-7,14-15H,3-5,8-13H2,1-2H3. The van der Waals surface area contributed by atoms with Gasteiger partial charge < -0.3 is 19.4 Å². The second kappa shape index (κ2) is 8.63. The minimum absolute atomic E-state index is 0.00418. The molecular weight excluding hydrogens is 368 g/mol. The first kappa shape index (κ1) is 19.4. The fraction of sp³-hybridized carbons (Fsp3) is 0.524. The zero-order valence-corrected chi connectivity index (χ0v) is 17.2. The van der Waals surface area contributed by atoms with Crippen LogP contribution in [0, 0.1) is 6.92 Å². The number of hydrogen-bond acceptors (Lipinski definition) is 7. The Labute approximate surface area is 171 Å². The molecule has 0 unspecified atom stereocenters. The van der Waals surface area contributed by atoms with Crippen LogP contribution in [0.5, 0.6) is 5.88 Å². The smallest absolute Gasteiger partial charge is 0.254 e. The fourth-order valence-corrected chi connectivity index (χ4v) is 3.91. The molecule has 2 aliphatic heterocycles. The fourth-order valence-electron chi connectivity index (χ4n) is 3.91. The molecule has 0 aromatic carbocycles. The molecule has 29 heavy (non-hydrogen) atoms. The number of carbonyl (C=O) groups excluding carboxylic acids is 1. The van der Waals surface area contributed by atoms with Crippen LogP contribution in [-0.4, -0.2) is 72.1 Å². The summed E-state index contributed by atoms with van der Waals surface area (Å²) in [5.74, 6) is 2.25. The third-order valence-corrected chi connectivity index (χ3v) is 5.55. The molecule has 8 heteroatoms. The molecule has 8 nitrogen and oxygen atoms in total. The van der Waals surface area contributed by atoms with Crippen molar-refractivity contribution < 1.29 is 9.53 Å². The molecule has 2 aliphatic rings. The van der Waals surface area contributed by atoms with E-state index in [4.69, 9.17) is 9.72 Å². The van der Waals surface area contributed by atoms with Crippen LogP contribution in [-0.2, 0) is 0 Å². The molecule has 154 valence electrons. The Kier molecular flexibility index (Phi) is 5.78. The van der Waals surface area contributed by atoms with Crippen LogP contribution in [0.3, 0.4) is 0 Å². The van der Waals surface area contributed by atoms with E-state index in [1.807, 2.05) is 11.8 Å². The number of ether oxygens (including phenoxy) is 1. The molecule has 4 heterocycles. The van der Waals surface area contributed by atoms with Gasteiger partial charge in [0.2, 0.25) is 11.8 Å². The molecule has 2 aromatic heterocycles. The first-order chi connectivity index (χ1) is 14.1. The van der Waals surface area contributed by atoms with E-state index in [9.17, 15) is 4.79 Å². The number of methoxy groups -OCH3 is 1. The molecule has 2 saturated heterocycles. The maximum atomic E-state index is 12.8. The maximum Gasteiger partial charge on any atom is 0.254 e. The van der Waals surface area contributed by atoms with E-state index in [1.54, 1.807) is 25.4 Å². The van der Waals surface area contributed by atoms with Crippen LogP contribution in [0.1, 0.15) is 35.3 Å². The van der Waals surface area contributed by atoms with Crippen LogP contribution in [0.15, 0.2) is 24.4 Å². The summed E-state index contributed by atoms with van der Waals surface area (Å²) >= 11 is 0. The van der Waals surface area contributed by atoms with Crippen molar-refractivity contribution in [3.63, 3.8) is 0 Å². The van der Waals surface area contributed by atoms with Crippen molar-refractivity contribution in [3.8, 4) is 5.88 Å². The molecule has 0 atom stereocenters. The molecule has 0 radical (unpaired) electrons. The third kappa shape index (κ3) is 4.41. The summed E-state index contributed by atoms with van der Waals surface area (Å²) in [6, 6.07) is 5.49. The molecule has 0 aliphatic carbocycles. The minimum Gasteiger partial charge on any atom is -0.481 e. The molecule has 0 N–H and O–H groups in total. The second-order valence-electron chi connectivity index (χ2n) is 7.58. The van der Waals surface area contributed by atoms with Gasteiger partial charge in [-0.2, -0.15) is 4.98 Å². The van der Waals surface area contributed by atoms with Crippen molar-refractivity contribution >= 4 is 17.7 Å². The Hall–Kier alpha value is -2.90. The third-order valence-electron chi connectivity index (χ3n) is 5.55. The Morgan fingerprint density at radius 3 is 2.45 bits per heavy atom. The van der Waals surface area contributed by atoms with Crippen molar-refractivity contribution in [2.75, 3.05) is 56.2 Å². The van der Waals surface area contributed by atoms with Gasteiger partial charge in [-0.3, -0.25) is 4.79 Å². The predicted octanol–water partition coefficient (Wildman–Crippen LogP) is 2.14. The van der Waals surface area contributed by atoms with E-state index >= 15 is 0 Å². The summed E-state index contributed by atoms with van der Waals surface area (Å²) in [7, 11) is 1.55. The lowest BCUT2D eigenvalue weighted by Gasteiger charge is -2.35. The number of amides is 1. The van der Waals surface area contributed by atoms with Crippen molar-refractivity contribution in [2.45, 2.75) is 26.2 Å². The van der Waals surface area contributed by atoms with Crippen LogP contribution in [0.25, 0.3) is 0 Å². The normalized spacial score (nSPS) is 17.4. The van der Waals surface area contributed by atoms with Gasteiger partial charge in [0.25, 0.3) is 5.91 Å². The summed E-state index contributed by atoms with van der Waals surface area (Å²) in [6.07, 6.45) is 5.34. The topological polar surface area (TPSA) is 74.7 Å². The molecule has 4 rings (SSSR count). The number of piperidine rings is 1. The van der Waals surface area contributed by atoms with Gasteiger partial charge in [-0.15, -0.1) is 0 Å². The monoisotopic (exact) mass is 396 g/mol. The quantitative estimate of drug-likeness (QED) is 0.784. The highest BCUT2D eigenvalue weighted by atomic mass is 16.5. The largest absolute Gasteiger partial charge is 0.481 e. The maximum absolute atomic E-state index is 12.8. The molecule has 0 bridgehead atoms. The van der Waals surface area contributed by atoms with Crippen molar-refractivity contribution in [3.05, 3.63) is 35.7 Å². The highest BCUT2D eigenvalue weighted by Gasteiger charge is 2.25. The van der Waals surface area contributed by atoms with E-state index in [-0.39, 0.29) is 5.91 Å². The summed E-state index contributed by atoms with van der Waals surface area (Å²) in [5, 5.41) is 0. The van der Waals surface area contributed by atoms with E-state index in [0.29, 0.717) is 24.5 Å². The lowest BCUT2D eigenvalue weighted by Crippen LogP contribution is -2.49. The number of nitrogens with zero attached hydrogens (tertiary/aromatic N) is 6. The van der Waals surface area contributed by atoms with Gasteiger partial charge in [0.05, 0.1) is 7.11 Å². The van der Waals surface area contributed by atoms with Gasteiger partial charge >= 0.3 is 0 Å². The highest BCUT2D eigenvalue weighted by Crippen LogP contribution is 2.22. The van der Waals surface area contributed by atoms with E-state index in [0.717, 1.165) is 43.6 Å². The highest BCUT2D eigenvalue weighted by molar-refractivity contribution is 5.94. The lowest BCUT2D eigenvalue weighted by molar-refractivity contribution is 0.0745. The average molecular weight is 396 g/mol. The van der Waals surface area contributed by atoms with Gasteiger partial charge in [-0.25, -0.2) is 9.97 Å². The van der Waals surface area contributed by atoms with Crippen molar-refractivity contribution in [1.29, 1.82) is 0 Å². The van der Waals surface area contributed by atoms with Gasteiger partial charge in [0.1, 0.15) is 5.82 Å². The van der Waals surface area contributed by atoms with Crippen LogP contribution >= 0.6 is 0 Å². The number of hydrogen-bond donors (Lipinski definition) is 0. The molecule has 2 fully saturated rings. The van der Waals surface area contributed by atoms with Crippen LogP contribution in [0.4, 0.5) is 11.8 Å². The number of piperazine rings is 1. The van der Waals surface area contributed by atoms with E-state index in [2.05, 4.69) is 25.8 Å². The van der Waals surface area contributed by atoms with Gasteiger partial charge in [-0.1, -0.05) is 0 Å². The number of carbonyl (C=O) groups is 1. The molecule has 0 spiro atoms. The summed E-state index contributed by atoms with van der Waals surface area (Å²) in [5.41, 5.74) is 1.59. The molecule has 1 amide bonds. The van der Waals surface area contributed by atoms with Gasteiger partial charge in [-0.05, 0) is 32.3 Å². The minimum atomic E-state index is 0.00418. The summed E-state index contributed by atoms with van der Waals surface area (Å²) in [6.45, 7) is 6.86. The molecule has 0 saturated carbocycles. The Bertz CT molecular complexity index is 860. The number of anilines is 2. The SMILES string of the molecule is COc1cc(C(=O)N2CCN(c3nc(C)cc(N4CCCCC4)n3)CC2)ccn1. The number of aryl methyl sites for hydroxylation is 1. The predicted molar refractivity (Wildman–Crippen MR) is 112 cm³/mol. The first-order valence-electron chi connectivity index (χ1n) is 10.3. The van der Waals surface area contributed by atoms with E-state index < -0.39 is 0 Å². The Morgan fingerprint density at radius 2 is 1.72 bits per heavy atom. The number of pyridine rings is 1. The summed E-state index contributed by atoms with van der Waals surface area (Å²) in [4.78, 5) is 32.8. The number of aromatic nitrogens is 3. The lowest BCUT2D eigenvalue weighted by atomic mass is 10.1. The van der Waals surface area contributed by atoms with Crippen molar-refractivity contribution in [2.24, 2.45) is 0 Å². The van der Waals surface area contributed by atoms with Gasteiger partial charge in [0.15, 0.2) is 0 Å². The van der Waals surface area contributed by atoms with Gasteiger partial charge in [0, 0.05) is 68.9 Å². The zero-order valence-electron chi connectivity index (χ0n) is 17.2. The Balaban J connectivity index is 1.42. The van der Waals surface area contributed by atoms with Crippen LogP contribution in [0.2, 0.25) is 0 Å². The Morgan fingerprint density at radius 1 is 0.966 bits per heavy atom. The first-order valence-corrected chi connectivity index (χ1v) is 10.3. The second-order valence-corrected chi connectivity index (χ2v) is 7.58. The van der Waals surface area contributed by atoms with Crippen molar-refractivity contribution in [1.82, 2.24) is 19.9 Å². The molecule has 2 aromatic rings. The van der Waals surface area contributed by atoms with E-state index in [1.165, 1.54) is 19.3 Å². The molecular formula is C21H28N6O2. The van der Waals surface area contributed by atoms with Crippen LogP contribution < -0.4 is 14.5 Å².